The molecule has 0 radical (unpaired) electrons. The van der Waals surface area contributed by atoms with Crippen molar-refractivity contribution in [1.29, 1.82) is 0 Å². The molecule has 7 heteroatoms. The molecule has 0 fully saturated rings. The number of amides is 1. The van der Waals surface area contributed by atoms with Crippen molar-refractivity contribution >= 4 is 17.7 Å². The average molecular weight is 355 g/mol. The van der Waals surface area contributed by atoms with E-state index in [1.54, 1.807) is 30.3 Å². The first kappa shape index (κ1) is 17.5. The van der Waals surface area contributed by atoms with E-state index in [0.717, 1.165) is 5.56 Å². The van der Waals surface area contributed by atoms with E-state index in [1.807, 2.05) is 13.0 Å². The summed E-state index contributed by atoms with van der Waals surface area (Å²) >= 11 is 0. The zero-order valence-electron chi connectivity index (χ0n) is 14.1. The summed E-state index contributed by atoms with van der Waals surface area (Å²) in [6.07, 6.45) is 0. The van der Waals surface area contributed by atoms with E-state index in [4.69, 9.17) is 14.2 Å². The van der Waals surface area contributed by atoms with E-state index in [0.29, 0.717) is 22.6 Å². The van der Waals surface area contributed by atoms with Crippen LogP contribution in [0.15, 0.2) is 42.5 Å². The lowest BCUT2D eigenvalue weighted by molar-refractivity contribution is -0.141. The molecule has 134 valence electrons. The largest absolute Gasteiger partial charge is 0.456 e. The number of esters is 1. The van der Waals surface area contributed by atoms with Crippen molar-refractivity contribution in [2.45, 2.75) is 6.92 Å². The minimum absolute atomic E-state index is 0.114. The van der Waals surface area contributed by atoms with Gasteiger partial charge in [0.2, 0.25) is 6.79 Å². The Labute approximate surface area is 149 Å². The third kappa shape index (κ3) is 4.18. The van der Waals surface area contributed by atoms with E-state index >= 15 is 0 Å². The molecule has 1 amide bonds. The second kappa shape index (κ2) is 7.69. The summed E-state index contributed by atoms with van der Waals surface area (Å²) in [5.74, 6) is -0.403. The highest BCUT2D eigenvalue weighted by molar-refractivity contribution is 5.99. The highest BCUT2D eigenvalue weighted by Crippen LogP contribution is 2.32. The van der Waals surface area contributed by atoms with Gasteiger partial charge in [-0.25, -0.2) is 0 Å². The van der Waals surface area contributed by atoms with Crippen LogP contribution >= 0.6 is 0 Å². The Kier molecular flexibility index (Phi) is 5.17. The van der Waals surface area contributed by atoms with Crippen LogP contribution in [0.1, 0.15) is 26.3 Å². The molecular formula is C19H17NO6. The Morgan fingerprint density at radius 3 is 2.65 bits per heavy atom. The molecule has 0 unspecified atom stereocenters. The van der Waals surface area contributed by atoms with Gasteiger partial charge in [-0.2, -0.15) is 0 Å². The smallest absolute Gasteiger partial charge is 0.325 e. The maximum absolute atomic E-state index is 12.1. The summed E-state index contributed by atoms with van der Waals surface area (Å²) in [6, 6.07) is 11.7. The fourth-order valence-corrected chi connectivity index (χ4v) is 2.39. The van der Waals surface area contributed by atoms with Gasteiger partial charge >= 0.3 is 5.97 Å². The molecular weight excluding hydrogens is 338 g/mol. The van der Waals surface area contributed by atoms with E-state index in [9.17, 15) is 14.4 Å². The van der Waals surface area contributed by atoms with Gasteiger partial charge in [0.05, 0.1) is 0 Å². The molecule has 0 atom stereocenters. The van der Waals surface area contributed by atoms with Gasteiger partial charge in [0.1, 0.15) is 6.54 Å². The molecule has 1 aliphatic heterocycles. The lowest BCUT2D eigenvalue weighted by Gasteiger charge is -2.07. The minimum atomic E-state index is -0.694. The van der Waals surface area contributed by atoms with Crippen molar-refractivity contribution in [2.75, 3.05) is 19.9 Å². The van der Waals surface area contributed by atoms with Crippen LogP contribution in [-0.4, -0.2) is 37.6 Å². The summed E-state index contributed by atoms with van der Waals surface area (Å²) in [4.78, 5) is 35.8. The number of carbonyl (C=O) groups is 3. The molecule has 0 aliphatic carbocycles. The van der Waals surface area contributed by atoms with E-state index in [-0.39, 0.29) is 25.0 Å². The first-order chi connectivity index (χ1) is 12.5. The van der Waals surface area contributed by atoms with Gasteiger partial charge in [0.25, 0.3) is 5.91 Å². The topological polar surface area (TPSA) is 90.9 Å². The van der Waals surface area contributed by atoms with Crippen LogP contribution in [-0.2, 0) is 9.53 Å². The summed E-state index contributed by atoms with van der Waals surface area (Å²) < 4.78 is 15.3. The maximum Gasteiger partial charge on any atom is 0.325 e. The van der Waals surface area contributed by atoms with Gasteiger partial charge in [0.15, 0.2) is 23.9 Å². The van der Waals surface area contributed by atoms with Crippen molar-refractivity contribution in [1.82, 2.24) is 5.32 Å². The molecule has 0 bridgehead atoms. The summed E-state index contributed by atoms with van der Waals surface area (Å²) in [5.41, 5.74) is 1.75. The van der Waals surface area contributed by atoms with Crippen LogP contribution in [0.2, 0.25) is 0 Å². The van der Waals surface area contributed by atoms with Gasteiger partial charge in [-0.1, -0.05) is 17.7 Å². The number of nitrogens with one attached hydrogen (secondary N) is 1. The van der Waals surface area contributed by atoms with Crippen molar-refractivity contribution in [3.8, 4) is 11.5 Å². The quantitative estimate of drug-likeness (QED) is 0.628. The summed E-state index contributed by atoms with van der Waals surface area (Å²) in [6.45, 7) is 1.25. The molecule has 26 heavy (non-hydrogen) atoms. The SMILES string of the molecule is Cc1cccc(C(=O)NCC(=O)OCC(=O)c2ccc3c(c2)OCO3)c1. The maximum atomic E-state index is 12.1. The normalized spacial score (nSPS) is 11.7. The highest BCUT2D eigenvalue weighted by atomic mass is 16.7. The van der Waals surface area contributed by atoms with E-state index < -0.39 is 12.6 Å². The molecule has 0 saturated heterocycles. The molecule has 0 saturated carbocycles. The predicted molar refractivity (Wildman–Crippen MR) is 91.4 cm³/mol. The number of aryl methyl sites for hydroxylation is 1. The van der Waals surface area contributed by atoms with Crippen LogP contribution in [0.5, 0.6) is 11.5 Å². The van der Waals surface area contributed by atoms with Crippen LogP contribution in [0, 0.1) is 6.92 Å². The number of hydrogen-bond acceptors (Lipinski definition) is 6. The first-order valence-electron chi connectivity index (χ1n) is 7.96. The number of hydrogen-bond donors (Lipinski definition) is 1. The highest BCUT2D eigenvalue weighted by Gasteiger charge is 2.17. The zero-order valence-corrected chi connectivity index (χ0v) is 14.1. The third-order valence-corrected chi connectivity index (χ3v) is 3.73. The Balaban J connectivity index is 1.46. The second-order valence-electron chi connectivity index (χ2n) is 5.70. The number of fused-ring (bicyclic) bond motifs is 1. The standard InChI is InChI=1S/C19H17NO6/c1-12-3-2-4-14(7-12)19(23)20-9-18(22)24-10-15(21)13-5-6-16-17(8-13)26-11-25-16/h2-8H,9-11H2,1H3,(H,20,23). The zero-order chi connectivity index (χ0) is 18.5. The molecule has 1 heterocycles. The van der Waals surface area contributed by atoms with Gasteiger partial charge < -0.3 is 19.5 Å². The molecule has 0 spiro atoms. The van der Waals surface area contributed by atoms with Gasteiger partial charge in [-0.05, 0) is 37.3 Å². The van der Waals surface area contributed by atoms with Crippen LogP contribution < -0.4 is 14.8 Å². The average Bonchev–Trinajstić information content (AvgIpc) is 3.11. The Hall–Kier alpha value is -3.35. The number of ether oxygens (including phenoxy) is 3. The first-order valence-corrected chi connectivity index (χ1v) is 7.96. The van der Waals surface area contributed by atoms with E-state index in [1.165, 1.54) is 6.07 Å². The molecule has 2 aromatic rings. The summed E-state index contributed by atoms with van der Waals surface area (Å²) in [7, 11) is 0. The van der Waals surface area contributed by atoms with Crippen molar-refractivity contribution in [2.24, 2.45) is 0 Å². The monoisotopic (exact) mass is 355 g/mol. The number of benzene rings is 2. The predicted octanol–water partition coefficient (Wildman–Crippen LogP) is 1.88. The Morgan fingerprint density at radius 1 is 1.04 bits per heavy atom. The van der Waals surface area contributed by atoms with Gasteiger partial charge in [-0.15, -0.1) is 0 Å². The molecule has 1 N–H and O–H groups in total. The molecule has 2 aromatic carbocycles. The summed E-state index contributed by atoms with van der Waals surface area (Å²) in [5, 5.41) is 2.46. The fourth-order valence-electron chi connectivity index (χ4n) is 2.39. The fraction of sp³-hybridized carbons (Fsp3) is 0.211. The van der Waals surface area contributed by atoms with Crippen molar-refractivity contribution < 1.29 is 28.6 Å². The molecule has 0 aromatic heterocycles. The van der Waals surface area contributed by atoms with Crippen LogP contribution in [0.25, 0.3) is 0 Å². The minimum Gasteiger partial charge on any atom is -0.456 e. The second-order valence-corrected chi connectivity index (χ2v) is 5.70. The molecule has 1 aliphatic rings. The van der Waals surface area contributed by atoms with Crippen LogP contribution in [0.4, 0.5) is 0 Å². The van der Waals surface area contributed by atoms with Crippen molar-refractivity contribution in [3.63, 3.8) is 0 Å². The number of ketones is 1. The Morgan fingerprint density at radius 2 is 1.85 bits per heavy atom. The van der Waals surface area contributed by atoms with Crippen LogP contribution in [0.3, 0.4) is 0 Å². The number of Topliss-reactive ketones (excluding diaryl/α,β-unsaturated/α-hetero) is 1. The number of carbonyl (C=O) groups excluding carboxylic acids is 3. The third-order valence-electron chi connectivity index (χ3n) is 3.73. The van der Waals surface area contributed by atoms with Gasteiger partial charge in [-0.3, -0.25) is 14.4 Å². The molecule has 7 nitrogen and oxygen atoms in total. The van der Waals surface area contributed by atoms with Crippen molar-refractivity contribution in [3.05, 3.63) is 59.2 Å². The lowest BCUT2D eigenvalue weighted by Crippen LogP contribution is -2.31. The Bertz CT molecular complexity index is 861. The lowest BCUT2D eigenvalue weighted by atomic mass is 10.1. The van der Waals surface area contributed by atoms with Gasteiger partial charge in [0, 0.05) is 11.1 Å². The molecule has 3 rings (SSSR count). The number of rotatable bonds is 6. The van der Waals surface area contributed by atoms with E-state index in [2.05, 4.69) is 5.32 Å².